The lowest BCUT2D eigenvalue weighted by atomic mass is 10.1. The molecule has 0 unspecified atom stereocenters. The van der Waals surface area contributed by atoms with E-state index < -0.39 is 11.7 Å². The summed E-state index contributed by atoms with van der Waals surface area (Å²) in [4.78, 5) is 12.0. The van der Waals surface area contributed by atoms with Gasteiger partial charge in [-0.25, -0.2) is 4.39 Å². The number of carbonyl (C=O) groups is 1. The van der Waals surface area contributed by atoms with Gasteiger partial charge in [-0.1, -0.05) is 30.7 Å². The predicted octanol–water partition coefficient (Wildman–Crippen LogP) is 3.88. The van der Waals surface area contributed by atoms with Crippen LogP contribution in [0.4, 0.5) is 15.8 Å². The largest absolute Gasteiger partial charge is 0.398 e. The number of nitrogens with two attached hydrogens (primary N) is 1. The number of rotatable bonds is 3. The molecule has 5 heteroatoms. The molecule has 0 saturated carbocycles. The van der Waals surface area contributed by atoms with Crippen molar-refractivity contribution in [3.05, 3.63) is 58.4 Å². The van der Waals surface area contributed by atoms with E-state index in [1.165, 1.54) is 18.2 Å². The van der Waals surface area contributed by atoms with Crippen LogP contribution in [-0.4, -0.2) is 5.91 Å². The molecule has 2 aromatic rings. The lowest BCUT2D eigenvalue weighted by Gasteiger charge is -2.09. The van der Waals surface area contributed by atoms with E-state index in [1.807, 2.05) is 13.0 Å². The Morgan fingerprint density at radius 2 is 2.10 bits per heavy atom. The molecule has 0 aliphatic rings. The van der Waals surface area contributed by atoms with Gasteiger partial charge in [-0.2, -0.15) is 0 Å². The Morgan fingerprint density at radius 1 is 1.35 bits per heavy atom. The number of hydrogen-bond acceptors (Lipinski definition) is 2. The molecule has 0 saturated heterocycles. The van der Waals surface area contributed by atoms with E-state index in [1.54, 1.807) is 12.1 Å². The molecule has 0 aliphatic carbocycles. The third-order valence-corrected chi connectivity index (χ3v) is 3.36. The molecule has 0 spiro atoms. The highest BCUT2D eigenvalue weighted by molar-refractivity contribution is 6.34. The van der Waals surface area contributed by atoms with Crippen LogP contribution in [0.25, 0.3) is 0 Å². The fourth-order valence-corrected chi connectivity index (χ4v) is 2.08. The van der Waals surface area contributed by atoms with Gasteiger partial charge < -0.3 is 11.1 Å². The first-order valence-electron chi connectivity index (χ1n) is 6.16. The number of nitrogen functional groups attached to an aromatic ring is 1. The number of halogens is 2. The molecule has 3 nitrogen and oxygen atoms in total. The molecule has 0 radical (unpaired) electrons. The molecular weight excluding hydrogens is 279 g/mol. The summed E-state index contributed by atoms with van der Waals surface area (Å²) >= 11 is 5.77. The third-order valence-electron chi connectivity index (χ3n) is 2.98. The zero-order chi connectivity index (χ0) is 14.7. The van der Waals surface area contributed by atoms with Gasteiger partial charge in [0.2, 0.25) is 0 Å². The fraction of sp³-hybridized carbons (Fsp3) is 0.133. The van der Waals surface area contributed by atoms with Gasteiger partial charge in [-0.3, -0.25) is 4.79 Å². The van der Waals surface area contributed by atoms with E-state index in [0.29, 0.717) is 11.4 Å². The molecule has 0 fully saturated rings. The second-order valence-corrected chi connectivity index (χ2v) is 4.70. The highest BCUT2D eigenvalue weighted by atomic mass is 35.5. The smallest absolute Gasteiger partial charge is 0.257 e. The SMILES string of the molecule is CCc1ccc(NC(=O)c2cccc(F)c2Cl)cc1N. The number of carbonyl (C=O) groups excluding carboxylic acids is 1. The molecule has 0 heterocycles. The first-order chi connectivity index (χ1) is 9.52. The predicted molar refractivity (Wildman–Crippen MR) is 79.6 cm³/mol. The molecule has 0 atom stereocenters. The van der Waals surface area contributed by atoms with Gasteiger partial charge in [-0.05, 0) is 36.2 Å². The Balaban J connectivity index is 2.24. The minimum Gasteiger partial charge on any atom is -0.398 e. The first kappa shape index (κ1) is 14.3. The maximum atomic E-state index is 13.3. The summed E-state index contributed by atoms with van der Waals surface area (Å²) in [5.74, 6) is -1.10. The molecule has 20 heavy (non-hydrogen) atoms. The molecule has 2 aromatic carbocycles. The third kappa shape index (κ3) is 2.91. The van der Waals surface area contributed by atoms with Crippen LogP contribution in [0.1, 0.15) is 22.8 Å². The number of hydrogen-bond donors (Lipinski definition) is 2. The standard InChI is InChI=1S/C15H14ClFN2O/c1-2-9-6-7-10(8-13(9)18)19-15(20)11-4-3-5-12(17)14(11)16/h3-8H,2,18H2,1H3,(H,19,20). The normalized spacial score (nSPS) is 10.3. The first-order valence-corrected chi connectivity index (χ1v) is 6.54. The summed E-state index contributed by atoms with van der Waals surface area (Å²) < 4.78 is 13.3. The number of benzene rings is 2. The van der Waals surface area contributed by atoms with Gasteiger partial charge in [-0.15, -0.1) is 0 Å². The van der Waals surface area contributed by atoms with Crippen LogP contribution < -0.4 is 11.1 Å². The fourth-order valence-electron chi connectivity index (χ4n) is 1.87. The summed E-state index contributed by atoms with van der Waals surface area (Å²) in [7, 11) is 0. The van der Waals surface area contributed by atoms with E-state index in [-0.39, 0.29) is 10.6 Å². The average Bonchev–Trinajstić information content (AvgIpc) is 2.42. The van der Waals surface area contributed by atoms with Crippen molar-refractivity contribution in [3.8, 4) is 0 Å². The number of anilines is 2. The zero-order valence-corrected chi connectivity index (χ0v) is 11.7. The van der Waals surface area contributed by atoms with Gasteiger partial charge in [0, 0.05) is 11.4 Å². The highest BCUT2D eigenvalue weighted by Gasteiger charge is 2.13. The van der Waals surface area contributed by atoms with Crippen LogP contribution in [0, 0.1) is 5.82 Å². The van der Waals surface area contributed by atoms with Gasteiger partial charge >= 0.3 is 0 Å². The minimum atomic E-state index is -0.625. The Kier molecular flexibility index (Phi) is 4.25. The summed E-state index contributed by atoms with van der Waals surface area (Å²) in [6.45, 7) is 2.00. The van der Waals surface area contributed by atoms with E-state index in [2.05, 4.69) is 5.32 Å². The van der Waals surface area contributed by atoms with Crippen molar-refractivity contribution in [1.82, 2.24) is 0 Å². The molecule has 0 bridgehead atoms. The molecule has 104 valence electrons. The van der Waals surface area contributed by atoms with Crippen LogP contribution in [0.15, 0.2) is 36.4 Å². The lowest BCUT2D eigenvalue weighted by Crippen LogP contribution is -2.13. The summed E-state index contributed by atoms with van der Waals surface area (Å²) in [6.07, 6.45) is 0.815. The number of nitrogens with one attached hydrogen (secondary N) is 1. The Bertz CT molecular complexity index is 658. The quantitative estimate of drug-likeness (QED) is 0.844. The van der Waals surface area contributed by atoms with Crippen LogP contribution >= 0.6 is 11.6 Å². The van der Waals surface area contributed by atoms with Crippen molar-refractivity contribution in [1.29, 1.82) is 0 Å². The Labute approximate surface area is 121 Å². The van der Waals surface area contributed by atoms with Crippen LogP contribution in [0.3, 0.4) is 0 Å². The van der Waals surface area contributed by atoms with Gasteiger partial charge in [0.25, 0.3) is 5.91 Å². The maximum Gasteiger partial charge on any atom is 0.257 e. The second-order valence-electron chi connectivity index (χ2n) is 4.32. The van der Waals surface area contributed by atoms with Crippen molar-refractivity contribution in [2.45, 2.75) is 13.3 Å². The number of amides is 1. The Hall–Kier alpha value is -2.07. The Morgan fingerprint density at radius 3 is 2.75 bits per heavy atom. The highest BCUT2D eigenvalue weighted by Crippen LogP contribution is 2.22. The number of aryl methyl sites for hydroxylation is 1. The lowest BCUT2D eigenvalue weighted by molar-refractivity contribution is 0.102. The summed E-state index contributed by atoms with van der Waals surface area (Å²) in [6, 6.07) is 9.37. The summed E-state index contributed by atoms with van der Waals surface area (Å²) in [5.41, 5.74) is 8.11. The van der Waals surface area contributed by atoms with Crippen molar-refractivity contribution in [3.63, 3.8) is 0 Å². The van der Waals surface area contributed by atoms with E-state index >= 15 is 0 Å². The molecule has 2 rings (SSSR count). The van der Waals surface area contributed by atoms with Crippen molar-refractivity contribution >= 4 is 28.9 Å². The van der Waals surface area contributed by atoms with Crippen LogP contribution in [0.2, 0.25) is 5.02 Å². The molecule has 0 aliphatic heterocycles. The molecule has 3 N–H and O–H groups in total. The van der Waals surface area contributed by atoms with Gasteiger partial charge in [0.05, 0.1) is 10.6 Å². The second kappa shape index (κ2) is 5.92. The zero-order valence-electron chi connectivity index (χ0n) is 10.9. The van der Waals surface area contributed by atoms with E-state index in [9.17, 15) is 9.18 Å². The summed E-state index contributed by atoms with van der Waals surface area (Å²) in [5, 5.41) is 2.46. The van der Waals surface area contributed by atoms with Crippen molar-refractivity contribution < 1.29 is 9.18 Å². The minimum absolute atomic E-state index is 0.0878. The maximum absolute atomic E-state index is 13.3. The average molecular weight is 293 g/mol. The topological polar surface area (TPSA) is 55.1 Å². The van der Waals surface area contributed by atoms with Crippen molar-refractivity contribution in [2.75, 3.05) is 11.1 Å². The van der Waals surface area contributed by atoms with Gasteiger partial charge in [0.15, 0.2) is 0 Å². The molecule has 1 amide bonds. The molecule has 0 aromatic heterocycles. The van der Waals surface area contributed by atoms with Gasteiger partial charge in [0.1, 0.15) is 5.82 Å². The monoisotopic (exact) mass is 292 g/mol. The van der Waals surface area contributed by atoms with Crippen LogP contribution in [-0.2, 0) is 6.42 Å². The van der Waals surface area contributed by atoms with Crippen molar-refractivity contribution in [2.24, 2.45) is 0 Å². The van der Waals surface area contributed by atoms with Crippen LogP contribution in [0.5, 0.6) is 0 Å². The molecular formula is C15H14ClFN2O. The van der Waals surface area contributed by atoms with E-state index in [0.717, 1.165) is 12.0 Å². The van der Waals surface area contributed by atoms with E-state index in [4.69, 9.17) is 17.3 Å².